The largest absolute Gasteiger partial charge is 0.490 e. The van der Waals surface area contributed by atoms with Crippen LogP contribution in [-0.4, -0.2) is 37.7 Å². The Morgan fingerprint density at radius 2 is 1.86 bits per heavy atom. The fourth-order valence-corrected chi connectivity index (χ4v) is 2.59. The molecule has 0 bridgehead atoms. The van der Waals surface area contributed by atoms with Crippen molar-refractivity contribution in [1.82, 2.24) is 15.6 Å². The molecule has 0 spiro atoms. The first-order chi connectivity index (χ1) is 14.3. The second kappa shape index (κ2) is 11.4. The van der Waals surface area contributed by atoms with Crippen LogP contribution >= 0.6 is 0 Å². The van der Waals surface area contributed by atoms with E-state index in [0.29, 0.717) is 25.6 Å². The summed E-state index contributed by atoms with van der Waals surface area (Å²) < 4.78 is 16.5. The second-order valence-electron chi connectivity index (χ2n) is 6.20. The van der Waals surface area contributed by atoms with Crippen LogP contribution in [0.4, 0.5) is 0 Å². The Morgan fingerprint density at radius 3 is 2.59 bits per heavy atom. The Kier molecular flexibility index (Phi) is 7.95. The molecule has 2 heterocycles. The maximum Gasteiger partial charge on any atom is 0.213 e. The Balaban J connectivity index is 1.33. The molecule has 0 unspecified atom stereocenters. The molecule has 0 aliphatic carbocycles. The van der Waals surface area contributed by atoms with Crippen molar-refractivity contribution in [2.45, 2.75) is 13.0 Å². The van der Waals surface area contributed by atoms with Gasteiger partial charge in [-0.15, -0.1) is 0 Å². The molecule has 0 atom stereocenters. The zero-order valence-electron chi connectivity index (χ0n) is 16.5. The molecule has 1 aromatic carbocycles. The third kappa shape index (κ3) is 7.21. The van der Waals surface area contributed by atoms with E-state index in [9.17, 15) is 0 Å². The monoisotopic (exact) mass is 394 g/mol. The molecule has 0 aliphatic rings. The lowest BCUT2D eigenvalue weighted by atomic mass is 10.3. The molecule has 0 aliphatic heterocycles. The van der Waals surface area contributed by atoms with E-state index in [1.807, 2.05) is 54.6 Å². The van der Waals surface area contributed by atoms with Crippen LogP contribution in [0.5, 0.6) is 11.6 Å². The zero-order chi connectivity index (χ0) is 20.2. The third-order valence-corrected chi connectivity index (χ3v) is 4.07. The van der Waals surface area contributed by atoms with Crippen LogP contribution in [0.1, 0.15) is 11.3 Å². The van der Waals surface area contributed by atoms with Gasteiger partial charge in [-0.2, -0.15) is 0 Å². The third-order valence-electron chi connectivity index (χ3n) is 4.07. The first kappa shape index (κ1) is 20.3. The van der Waals surface area contributed by atoms with Crippen molar-refractivity contribution in [1.29, 1.82) is 0 Å². The summed E-state index contributed by atoms with van der Waals surface area (Å²) in [5, 5.41) is 6.52. The predicted octanol–water partition coefficient (Wildman–Crippen LogP) is 3.04. The summed E-state index contributed by atoms with van der Waals surface area (Å²) in [6, 6.07) is 17.3. The predicted molar refractivity (Wildman–Crippen MR) is 112 cm³/mol. The lowest BCUT2D eigenvalue weighted by molar-refractivity contribution is 0.212. The summed E-state index contributed by atoms with van der Waals surface area (Å²) in [5.74, 6) is 3.08. The van der Waals surface area contributed by atoms with E-state index < -0.39 is 0 Å². The standard InChI is InChI=1S/C22H26N4O3/c1-23-22(24-12-11-20-8-5-13-27-20)26-17-18-9-10-21(25-16-18)29-15-14-28-19-6-3-2-4-7-19/h2-10,13,16H,11-12,14-15,17H2,1H3,(H2,23,24,26). The number of para-hydroxylation sites is 1. The lowest BCUT2D eigenvalue weighted by Gasteiger charge is -2.12. The SMILES string of the molecule is CN=C(NCCc1ccco1)NCc1ccc(OCCOc2ccccc2)nc1. The van der Waals surface area contributed by atoms with Gasteiger partial charge >= 0.3 is 0 Å². The van der Waals surface area contributed by atoms with Crippen molar-refractivity contribution in [2.24, 2.45) is 4.99 Å². The van der Waals surface area contributed by atoms with Gasteiger partial charge in [0, 0.05) is 38.8 Å². The Morgan fingerprint density at radius 1 is 1.00 bits per heavy atom. The van der Waals surface area contributed by atoms with E-state index in [0.717, 1.165) is 36.0 Å². The Labute approximate surface area is 170 Å². The maximum atomic E-state index is 5.62. The highest BCUT2D eigenvalue weighted by Crippen LogP contribution is 2.10. The van der Waals surface area contributed by atoms with E-state index in [1.165, 1.54) is 0 Å². The van der Waals surface area contributed by atoms with Crippen LogP contribution in [0.25, 0.3) is 0 Å². The highest BCUT2D eigenvalue weighted by atomic mass is 16.5. The van der Waals surface area contributed by atoms with Crippen LogP contribution in [0.3, 0.4) is 0 Å². The number of hydrogen-bond donors (Lipinski definition) is 2. The van der Waals surface area contributed by atoms with Crippen molar-refractivity contribution in [3.8, 4) is 11.6 Å². The quantitative estimate of drug-likeness (QED) is 0.313. The van der Waals surface area contributed by atoms with Crippen LogP contribution in [0, 0.1) is 0 Å². The minimum Gasteiger partial charge on any atom is -0.490 e. The number of hydrogen-bond acceptors (Lipinski definition) is 5. The summed E-state index contributed by atoms with van der Waals surface area (Å²) in [6.45, 7) is 2.26. The lowest BCUT2D eigenvalue weighted by Crippen LogP contribution is -2.37. The highest BCUT2D eigenvalue weighted by Gasteiger charge is 2.02. The van der Waals surface area contributed by atoms with Gasteiger partial charge in [-0.05, 0) is 29.8 Å². The number of benzene rings is 1. The molecule has 0 saturated heterocycles. The van der Waals surface area contributed by atoms with Crippen molar-refractivity contribution >= 4 is 5.96 Å². The number of nitrogens with one attached hydrogen (secondary N) is 2. The average molecular weight is 394 g/mol. The minimum atomic E-state index is 0.436. The molecular weight excluding hydrogens is 368 g/mol. The fraction of sp³-hybridized carbons (Fsp3) is 0.273. The molecule has 0 saturated carbocycles. The van der Waals surface area contributed by atoms with Gasteiger partial charge < -0.3 is 24.5 Å². The van der Waals surface area contributed by atoms with Crippen LogP contribution in [0.2, 0.25) is 0 Å². The number of guanidine groups is 1. The smallest absolute Gasteiger partial charge is 0.213 e. The fourth-order valence-electron chi connectivity index (χ4n) is 2.59. The molecular formula is C22H26N4O3. The molecule has 0 fully saturated rings. The molecule has 3 aromatic rings. The topological polar surface area (TPSA) is 80.9 Å². The summed E-state index contributed by atoms with van der Waals surface area (Å²) in [7, 11) is 1.74. The summed E-state index contributed by atoms with van der Waals surface area (Å²) >= 11 is 0. The van der Waals surface area contributed by atoms with Gasteiger partial charge in [0.05, 0.1) is 6.26 Å². The summed E-state index contributed by atoms with van der Waals surface area (Å²) in [5.41, 5.74) is 1.03. The number of ether oxygens (including phenoxy) is 2. The first-order valence-electron chi connectivity index (χ1n) is 9.56. The van der Waals surface area contributed by atoms with E-state index >= 15 is 0 Å². The zero-order valence-corrected chi connectivity index (χ0v) is 16.5. The van der Waals surface area contributed by atoms with Crippen molar-refractivity contribution in [3.63, 3.8) is 0 Å². The van der Waals surface area contributed by atoms with E-state index in [2.05, 4.69) is 20.6 Å². The molecule has 3 rings (SSSR count). The summed E-state index contributed by atoms with van der Waals surface area (Å²) in [4.78, 5) is 8.55. The van der Waals surface area contributed by atoms with Crippen molar-refractivity contribution in [2.75, 3.05) is 26.8 Å². The molecule has 0 radical (unpaired) electrons. The number of aromatic nitrogens is 1. The average Bonchev–Trinajstić information content (AvgIpc) is 3.29. The number of rotatable bonds is 10. The van der Waals surface area contributed by atoms with E-state index in [4.69, 9.17) is 13.9 Å². The van der Waals surface area contributed by atoms with Gasteiger partial charge in [-0.3, -0.25) is 4.99 Å². The van der Waals surface area contributed by atoms with Gasteiger partial charge in [-0.25, -0.2) is 4.98 Å². The molecule has 7 nitrogen and oxygen atoms in total. The van der Waals surface area contributed by atoms with Crippen molar-refractivity contribution in [3.05, 3.63) is 78.4 Å². The first-order valence-corrected chi connectivity index (χ1v) is 9.56. The van der Waals surface area contributed by atoms with Gasteiger partial charge in [0.1, 0.15) is 24.7 Å². The number of aliphatic imine (C=N–C) groups is 1. The van der Waals surface area contributed by atoms with Crippen molar-refractivity contribution < 1.29 is 13.9 Å². The molecule has 2 N–H and O–H groups in total. The van der Waals surface area contributed by atoms with Gasteiger partial charge in [0.25, 0.3) is 0 Å². The van der Waals surface area contributed by atoms with E-state index in [1.54, 1.807) is 19.5 Å². The van der Waals surface area contributed by atoms with Crippen LogP contribution < -0.4 is 20.1 Å². The van der Waals surface area contributed by atoms with Gasteiger partial charge in [-0.1, -0.05) is 24.3 Å². The normalized spacial score (nSPS) is 11.1. The van der Waals surface area contributed by atoms with Crippen LogP contribution in [-0.2, 0) is 13.0 Å². The Bertz CT molecular complexity index is 850. The number of furan rings is 1. The Hall–Kier alpha value is -3.48. The van der Waals surface area contributed by atoms with Crippen LogP contribution in [0.15, 0.2) is 76.5 Å². The highest BCUT2D eigenvalue weighted by molar-refractivity contribution is 5.79. The molecule has 29 heavy (non-hydrogen) atoms. The molecule has 2 aromatic heterocycles. The molecule has 0 amide bonds. The summed E-state index contributed by atoms with van der Waals surface area (Å²) in [6.07, 6.45) is 4.27. The molecule has 152 valence electrons. The van der Waals surface area contributed by atoms with Gasteiger partial charge in [0.15, 0.2) is 5.96 Å². The maximum absolute atomic E-state index is 5.62. The number of nitrogens with zero attached hydrogens (tertiary/aromatic N) is 2. The number of pyridine rings is 1. The molecule has 7 heteroatoms. The van der Waals surface area contributed by atoms with E-state index in [-0.39, 0.29) is 0 Å². The minimum absolute atomic E-state index is 0.436. The van der Waals surface area contributed by atoms with Gasteiger partial charge in [0.2, 0.25) is 5.88 Å². The second-order valence-corrected chi connectivity index (χ2v) is 6.20.